The van der Waals surface area contributed by atoms with E-state index < -0.39 is 0 Å². The zero-order valence-electron chi connectivity index (χ0n) is 9.19. The molecule has 0 aliphatic heterocycles. The van der Waals surface area contributed by atoms with Gasteiger partial charge >= 0.3 is 0 Å². The summed E-state index contributed by atoms with van der Waals surface area (Å²) in [6.07, 6.45) is 0.713. The molecule has 1 aromatic heterocycles. The van der Waals surface area contributed by atoms with Crippen molar-refractivity contribution in [2.24, 2.45) is 0 Å². The molecule has 2 aromatic rings. The molecule has 0 N–H and O–H groups in total. The van der Waals surface area contributed by atoms with E-state index in [1.54, 1.807) is 6.07 Å². The highest BCUT2D eigenvalue weighted by molar-refractivity contribution is 7.99. The minimum absolute atomic E-state index is 0.367. The molecule has 3 heteroatoms. The molecule has 0 saturated heterocycles. The summed E-state index contributed by atoms with van der Waals surface area (Å²) in [5.74, 6) is 0.367. The van der Waals surface area contributed by atoms with E-state index in [1.807, 2.05) is 6.07 Å². The predicted molar refractivity (Wildman–Crippen MR) is 64.1 cm³/mol. The van der Waals surface area contributed by atoms with Crippen LogP contribution in [0.25, 0.3) is 0 Å². The smallest absolute Gasteiger partial charge is 0.185 e. The van der Waals surface area contributed by atoms with Gasteiger partial charge in [-0.15, -0.1) is 0 Å². The number of carbonyl (C=O) groups excluding carboxylic acids is 1. The van der Waals surface area contributed by atoms with Crippen molar-refractivity contribution in [1.29, 1.82) is 0 Å². The molecule has 1 heterocycles. The van der Waals surface area contributed by atoms with E-state index in [1.165, 1.54) is 22.9 Å². The second kappa shape index (κ2) is 4.58. The van der Waals surface area contributed by atoms with Crippen LogP contribution in [0.5, 0.6) is 0 Å². The number of aldehydes is 1. The third-order valence-corrected chi connectivity index (χ3v) is 3.33. The lowest BCUT2D eigenvalue weighted by molar-refractivity contribution is 0.109. The summed E-state index contributed by atoms with van der Waals surface area (Å²) in [6.45, 7) is 4.17. The molecular formula is C13H12O2S. The third-order valence-electron chi connectivity index (χ3n) is 2.42. The van der Waals surface area contributed by atoms with Gasteiger partial charge < -0.3 is 4.42 Å². The van der Waals surface area contributed by atoms with Crippen LogP contribution >= 0.6 is 11.8 Å². The van der Waals surface area contributed by atoms with Gasteiger partial charge in [0.1, 0.15) is 0 Å². The molecule has 2 nitrogen and oxygen atoms in total. The zero-order chi connectivity index (χ0) is 11.5. The van der Waals surface area contributed by atoms with Crippen LogP contribution in [-0.2, 0) is 0 Å². The highest BCUT2D eigenvalue weighted by Gasteiger charge is 2.04. The van der Waals surface area contributed by atoms with Gasteiger partial charge in [-0.25, -0.2) is 0 Å². The fourth-order valence-electron chi connectivity index (χ4n) is 1.35. The van der Waals surface area contributed by atoms with Crippen molar-refractivity contribution in [3.63, 3.8) is 0 Å². The van der Waals surface area contributed by atoms with Gasteiger partial charge in [-0.05, 0) is 49.2 Å². The Morgan fingerprint density at radius 1 is 1.12 bits per heavy atom. The first-order valence-electron chi connectivity index (χ1n) is 4.99. The molecule has 0 aliphatic rings. The van der Waals surface area contributed by atoms with Gasteiger partial charge in [0.15, 0.2) is 17.1 Å². The number of aryl methyl sites for hydroxylation is 2. The van der Waals surface area contributed by atoms with Gasteiger partial charge in [0.2, 0.25) is 0 Å². The third kappa shape index (κ3) is 2.36. The Kier molecular flexibility index (Phi) is 3.15. The van der Waals surface area contributed by atoms with Crippen molar-refractivity contribution in [2.45, 2.75) is 23.8 Å². The predicted octanol–water partition coefficient (Wildman–Crippen LogP) is 3.86. The van der Waals surface area contributed by atoms with E-state index in [0.29, 0.717) is 12.0 Å². The van der Waals surface area contributed by atoms with Crippen LogP contribution in [0.1, 0.15) is 21.7 Å². The van der Waals surface area contributed by atoms with E-state index in [4.69, 9.17) is 4.42 Å². The normalized spacial score (nSPS) is 10.4. The van der Waals surface area contributed by atoms with Crippen LogP contribution < -0.4 is 0 Å². The lowest BCUT2D eigenvalue weighted by atomic mass is 10.1. The molecule has 0 saturated carbocycles. The van der Waals surface area contributed by atoms with E-state index in [-0.39, 0.29) is 0 Å². The minimum Gasteiger partial charge on any atom is -0.447 e. The van der Waals surface area contributed by atoms with Crippen LogP contribution in [0.3, 0.4) is 0 Å². The molecule has 2 rings (SSSR count). The summed E-state index contributed by atoms with van der Waals surface area (Å²) < 4.78 is 5.30. The summed E-state index contributed by atoms with van der Waals surface area (Å²) in [5.41, 5.74) is 2.53. The molecule has 1 aromatic carbocycles. The highest BCUT2D eigenvalue weighted by atomic mass is 32.2. The number of benzene rings is 1. The molecule has 0 fully saturated rings. The molecule has 0 radical (unpaired) electrons. The molecule has 0 atom stereocenters. The summed E-state index contributed by atoms with van der Waals surface area (Å²) in [6, 6.07) is 9.74. The molecular weight excluding hydrogens is 220 g/mol. The Bertz CT molecular complexity index is 514. The Labute approximate surface area is 98.7 Å². The average Bonchev–Trinajstić information content (AvgIpc) is 2.71. The summed E-state index contributed by atoms with van der Waals surface area (Å²) in [7, 11) is 0. The second-order valence-electron chi connectivity index (χ2n) is 3.62. The Morgan fingerprint density at radius 2 is 1.94 bits per heavy atom. The lowest BCUT2D eigenvalue weighted by Crippen LogP contribution is -1.80. The van der Waals surface area contributed by atoms with Gasteiger partial charge in [-0.2, -0.15) is 0 Å². The largest absolute Gasteiger partial charge is 0.447 e. The zero-order valence-corrected chi connectivity index (χ0v) is 10.0. The number of hydrogen-bond donors (Lipinski definition) is 0. The molecule has 0 amide bonds. The number of furan rings is 1. The van der Waals surface area contributed by atoms with Gasteiger partial charge in [-0.3, -0.25) is 4.79 Å². The summed E-state index contributed by atoms with van der Waals surface area (Å²) >= 11 is 1.52. The second-order valence-corrected chi connectivity index (χ2v) is 4.70. The van der Waals surface area contributed by atoms with Crippen molar-refractivity contribution in [3.05, 3.63) is 47.2 Å². The quantitative estimate of drug-likeness (QED) is 0.753. The van der Waals surface area contributed by atoms with Crippen LogP contribution in [0, 0.1) is 13.8 Å². The summed E-state index contributed by atoms with van der Waals surface area (Å²) in [4.78, 5) is 11.6. The SMILES string of the molecule is Cc1ccc(Sc2ccc(C=O)o2)cc1C. The fourth-order valence-corrected chi connectivity index (χ4v) is 2.22. The van der Waals surface area contributed by atoms with Gasteiger partial charge in [0.25, 0.3) is 0 Å². The van der Waals surface area contributed by atoms with E-state index in [2.05, 4.69) is 32.0 Å². The van der Waals surface area contributed by atoms with Crippen molar-refractivity contribution in [2.75, 3.05) is 0 Å². The molecule has 0 bridgehead atoms. The highest BCUT2D eigenvalue weighted by Crippen LogP contribution is 2.30. The van der Waals surface area contributed by atoms with E-state index in [9.17, 15) is 4.79 Å². The van der Waals surface area contributed by atoms with Crippen LogP contribution in [-0.4, -0.2) is 6.29 Å². The fraction of sp³-hybridized carbons (Fsp3) is 0.154. The monoisotopic (exact) mass is 232 g/mol. The van der Waals surface area contributed by atoms with E-state index >= 15 is 0 Å². The topological polar surface area (TPSA) is 30.2 Å². The number of rotatable bonds is 3. The minimum atomic E-state index is 0.367. The first kappa shape index (κ1) is 11.0. The van der Waals surface area contributed by atoms with Gasteiger partial charge in [0.05, 0.1) is 0 Å². The van der Waals surface area contributed by atoms with Crippen molar-refractivity contribution in [1.82, 2.24) is 0 Å². The van der Waals surface area contributed by atoms with Crippen molar-refractivity contribution >= 4 is 18.0 Å². The van der Waals surface area contributed by atoms with Crippen LogP contribution in [0.2, 0.25) is 0 Å². The maximum absolute atomic E-state index is 10.5. The van der Waals surface area contributed by atoms with Crippen LogP contribution in [0.15, 0.2) is 44.7 Å². The standard InChI is InChI=1S/C13H12O2S/c1-9-3-5-12(7-10(9)2)16-13-6-4-11(8-14)15-13/h3-8H,1-2H3. The van der Waals surface area contributed by atoms with Gasteiger partial charge in [0, 0.05) is 4.90 Å². The van der Waals surface area contributed by atoms with Gasteiger partial charge in [-0.1, -0.05) is 17.8 Å². The Balaban J connectivity index is 2.20. The van der Waals surface area contributed by atoms with Crippen LogP contribution in [0.4, 0.5) is 0 Å². The lowest BCUT2D eigenvalue weighted by Gasteiger charge is -2.02. The number of hydrogen-bond acceptors (Lipinski definition) is 3. The summed E-state index contributed by atoms with van der Waals surface area (Å²) in [5, 5.41) is 0.741. The average molecular weight is 232 g/mol. The molecule has 16 heavy (non-hydrogen) atoms. The molecule has 0 aliphatic carbocycles. The molecule has 82 valence electrons. The maximum Gasteiger partial charge on any atom is 0.185 e. The first-order valence-corrected chi connectivity index (χ1v) is 5.81. The first-order chi connectivity index (χ1) is 7.69. The van der Waals surface area contributed by atoms with Crippen molar-refractivity contribution in [3.8, 4) is 0 Å². The Hall–Kier alpha value is -1.48. The Morgan fingerprint density at radius 3 is 2.56 bits per heavy atom. The maximum atomic E-state index is 10.5. The number of carbonyl (C=O) groups is 1. The van der Waals surface area contributed by atoms with Crippen molar-refractivity contribution < 1.29 is 9.21 Å². The van der Waals surface area contributed by atoms with E-state index in [0.717, 1.165) is 9.99 Å². The molecule has 0 unspecified atom stereocenters. The molecule has 0 spiro atoms.